The van der Waals surface area contributed by atoms with Gasteiger partial charge in [0.05, 0.1) is 17.8 Å². The number of ether oxygens (including phenoxy) is 1. The predicted molar refractivity (Wildman–Crippen MR) is 113 cm³/mol. The summed E-state index contributed by atoms with van der Waals surface area (Å²) in [4.78, 5) is 4.70. The summed E-state index contributed by atoms with van der Waals surface area (Å²) in [6.07, 6.45) is 0. The summed E-state index contributed by atoms with van der Waals surface area (Å²) in [7, 11) is 1.64. The zero-order valence-electron chi connectivity index (χ0n) is 15.2. The largest absolute Gasteiger partial charge is 0.494 e. The molecule has 0 aliphatic rings. The molecule has 0 aliphatic carbocycles. The van der Waals surface area contributed by atoms with E-state index in [0.717, 1.165) is 33.3 Å². The van der Waals surface area contributed by atoms with Crippen molar-refractivity contribution in [1.29, 1.82) is 0 Å². The molecule has 2 aromatic heterocycles. The van der Waals surface area contributed by atoms with E-state index in [0.29, 0.717) is 15.9 Å². The van der Waals surface area contributed by atoms with Gasteiger partial charge in [-0.15, -0.1) is 16.4 Å². The summed E-state index contributed by atoms with van der Waals surface area (Å²) in [5.41, 5.74) is 3.81. The van der Waals surface area contributed by atoms with Gasteiger partial charge in [0.25, 0.3) is 0 Å². The SMILES string of the molecule is COc1ccc(C)cc1-n1nnnc1SCc1csc(-c2ccccc2Cl)n1. The standard InChI is InChI=1S/C19H16ClN5OS2/c1-12-7-8-17(26-2)16(9-12)25-19(22-23-24-25)28-11-13-10-27-18(21-13)14-5-3-4-6-15(14)20/h3-10H,11H2,1-2H3. The van der Waals surface area contributed by atoms with Crippen LogP contribution in [-0.4, -0.2) is 32.3 Å². The Labute approximate surface area is 175 Å². The predicted octanol–water partition coefficient (Wildman–Crippen LogP) is 5.05. The van der Waals surface area contributed by atoms with Crippen LogP contribution in [-0.2, 0) is 5.75 Å². The van der Waals surface area contributed by atoms with Crippen LogP contribution >= 0.6 is 34.7 Å². The van der Waals surface area contributed by atoms with Gasteiger partial charge in [-0.25, -0.2) is 4.98 Å². The molecule has 0 aliphatic heterocycles. The molecule has 0 radical (unpaired) electrons. The molecule has 0 atom stereocenters. The lowest BCUT2D eigenvalue weighted by atomic mass is 10.2. The van der Waals surface area contributed by atoms with Gasteiger partial charge in [-0.3, -0.25) is 0 Å². The summed E-state index contributed by atoms with van der Waals surface area (Å²) >= 11 is 9.37. The normalized spacial score (nSPS) is 11.0. The summed E-state index contributed by atoms with van der Waals surface area (Å²) in [6, 6.07) is 13.6. The maximum absolute atomic E-state index is 6.28. The van der Waals surface area contributed by atoms with E-state index in [1.54, 1.807) is 23.1 Å². The summed E-state index contributed by atoms with van der Waals surface area (Å²) in [5.74, 6) is 1.37. The zero-order chi connectivity index (χ0) is 19.5. The van der Waals surface area contributed by atoms with Crippen LogP contribution in [0, 0.1) is 6.92 Å². The Kier molecular flexibility index (Phi) is 5.61. The third kappa shape index (κ3) is 3.89. The maximum Gasteiger partial charge on any atom is 0.214 e. The summed E-state index contributed by atoms with van der Waals surface area (Å²) < 4.78 is 7.15. The highest BCUT2D eigenvalue weighted by molar-refractivity contribution is 7.98. The third-order valence-electron chi connectivity index (χ3n) is 4.01. The van der Waals surface area contributed by atoms with Gasteiger partial charge >= 0.3 is 0 Å². The smallest absolute Gasteiger partial charge is 0.214 e. The number of rotatable bonds is 6. The number of aryl methyl sites for hydroxylation is 1. The average molecular weight is 430 g/mol. The van der Waals surface area contributed by atoms with Crippen LogP contribution in [0.4, 0.5) is 0 Å². The number of benzene rings is 2. The first-order chi connectivity index (χ1) is 13.7. The molecular weight excluding hydrogens is 414 g/mol. The fourth-order valence-corrected chi connectivity index (χ4v) is 4.68. The number of halogens is 1. The maximum atomic E-state index is 6.28. The van der Waals surface area contributed by atoms with Gasteiger partial charge < -0.3 is 4.74 Å². The monoisotopic (exact) mass is 429 g/mol. The van der Waals surface area contributed by atoms with E-state index >= 15 is 0 Å². The van der Waals surface area contributed by atoms with E-state index in [1.165, 1.54) is 11.8 Å². The minimum absolute atomic E-state index is 0.648. The highest BCUT2D eigenvalue weighted by atomic mass is 35.5. The second-order valence-electron chi connectivity index (χ2n) is 5.96. The average Bonchev–Trinajstić information content (AvgIpc) is 3.36. The van der Waals surface area contributed by atoms with Crippen LogP contribution in [0.2, 0.25) is 5.02 Å². The Morgan fingerprint density at radius 1 is 1.21 bits per heavy atom. The molecule has 6 nitrogen and oxygen atoms in total. The second-order valence-corrected chi connectivity index (χ2v) is 8.17. The Morgan fingerprint density at radius 2 is 2.07 bits per heavy atom. The number of tetrazole rings is 1. The van der Waals surface area contributed by atoms with Gasteiger partial charge in [0.1, 0.15) is 16.4 Å². The molecule has 28 heavy (non-hydrogen) atoms. The molecule has 4 aromatic rings. The van der Waals surface area contributed by atoms with Crippen LogP contribution in [0.3, 0.4) is 0 Å². The molecule has 0 saturated heterocycles. The molecule has 2 aromatic carbocycles. The topological polar surface area (TPSA) is 65.7 Å². The molecule has 142 valence electrons. The third-order valence-corrected chi connectivity index (χ3v) is 6.22. The van der Waals surface area contributed by atoms with Crippen molar-refractivity contribution < 1.29 is 4.74 Å². The van der Waals surface area contributed by atoms with E-state index in [2.05, 4.69) is 15.5 Å². The molecule has 0 saturated carbocycles. The molecule has 9 heteroatoms. The van der Waals surface area contributed by atoms with Crippen LogP contribution in [0.5, 0.6) is 5.75 Å². The molecule has 0 amide bonds. The van der Waals surface area contributed by atoms with Gasteiger partial charge in [-0.05, 0) is 41.1 Å². The van der Waals surface area contributed by atoms with E-state index in [1.807, 2.05) is 54.8 Å². The Balaban J connectivity index is 1.54. The van der Waals surface area contributed by atoms with Crippen molar-refractivity contribution in [2.45, 2.75) is 17.8 Å². The zero-order valence-corrected chi connectivity index (χ0v) is 17.6. The lowest BCUT2D eigenvalue weighted by Crippen LogP contribution is -2.02. The Bertz CT molecular complexity index is 1110. The molecule has 0 unspecified atom stereocenters. The van der Waals surface area contributed by atoms with Crippen molar-refractivity contribution in [3.8, 4) is 22.0 Å². The Morgan fingerprint density at radius 3 is 2.89 bits per heavy atom. The number of aromatic nitrogens is 5. The lowest BCUT2D eigenvalue weighted by Gasteiger charge is -2.10. The van der Waals surface area contributed by atoms with Crippen LogP contribution in [0.25, 0.3) is 16.3 Å². The fraction of sp³-hybridized carbons (Fsp3) is 0.158. The highest BCUT2D eigenvalue weighted by Crippen LogP contribution is 2.32. The van der Waals surface area contributed by atoms with E-state index < -0.39 is 0 Å². The molecule has 0 bridgehead atoms. The quantitative estimate of drug-likeness (QED) is 0.399. The van der Waals surface area contributed by atoms with E-state index in [9.17, 15) is 0 Å². The second kappa shape index (κ2) is 8.30. The number of methoxy groups -OCH3 is 1. The first kappa shape index (κ1) is 18.9. The van der Waals surface area contributed by atoms with Crippen molar-refractivity contribution in [3.05, 3.63) is 64.1 Å². The van der Waals surface area contributed by atoms with Crippen molar-refractivity contribution in [2.75, 3.05) is 7.11 Å². The van der Waals surface area contributed by atoms with Crippen molar-refractivity contribution in [1.82, 2.24) is 25.2 Å². The van der Waals surface area contributed by atoms with Gasteiger partial charge in [0.2, 0.25) is 5.16 Å². The lowest BCUT2D eigenvalue weighted by molar-refractivity contribution is 0.410. The fourth-order valence-electron chi connectivity index (χ4n) is 2.66. The molecule has 4 rings (SSSR count). The van der Waals surface area contributed by atoms with Crippen LogP contribution in [0.1, 0.15) is 11.3 Å². The number of nitrogens with zero attached hydrogens (tertiary/aromatic N) is 5. The van der Waals surface area contributed by atoms with Crippen LogP contribution < -0.4 is 4.74 Å². The van der Waals surface area contributed by atoms with Gasteiger partial charge in [0, 0.05) is 16.7 Å². The van der Waals surface area contributed by atoms with Gasteiger partial charge in [-0.2, -0.15) is 4.68 Å². The van der Waals surface area contributed by atoms with Crippen LogP contribution in [0.15, 0.2) is 53.0 Å². The van der Waals surface area contributed by atoms with Crippen molar-refractivity contribution in [2.24, 2.45) is 0 Å². The van der Waals surface area contributed by atoms with Crippen molar-refractivity contribution >= 4 is 34.7 Å². The molecule has 0 spiro atoms. The highest BCUT2D eigenvalue weighted by Gasteiger charge is 2.15. The molecule has 0 fully saturated rings. The number of thiazole rings is 1. The number of hydrogen-bond donors (Lipinski definition) is 0. The van der Waals surface area contributed by atoms with Gasteiger partial charge in [0.15, 0.2) is 0 Å². The first-order valence-corrected chi connectivity index (χ1v) is 10.7. The number of thioether (sulfide) groups is 1. The van der Waals surface area contributed by atoms with E-state index in [-0.39, 0.29) is 0 Å². The first-order valence-electron chi connectivity index (χ1n) is 8.41. The molecular formula is C19H16ClN5OS2. The summed E-state index contributed by atoms with van der Waals surface area (Å²) in [6.45, 7) is 2.02. The summed E-state index contributed by atoms with van der Waals surface area (Å²) in [5, 5.41) is 16.4. The Hall–Kier alpha value is -2.42. The van der Waals surface area contributed by atoms with E-state index in [4.69, 9.17) is 21.3 Å². The molecule has 2 heterocycles. The minimum Gasteiger partial charge on any atom is -0.494 e. The molecule has 0 N–H and O–H groups in total. The number of hydrogen-bond acceptors (Lipinski definition) is 7. The van der Waals surface area contributed by atoms with Crippen molar-refractivity contribution in [3.63, 3.8) is 0 Å². The minimum atomic E-state index is 0.648. The van der Waals surface area contributed by atoms with Gasteiger partial charge in [-0.1, -0.05) is 47.6 Å².